The van der Waals surface area contributed by atoms with Crippen LogP contribution in [0, 0.1) is 11.8 Å². The monoisotopic (exact) mass is 417 g/mol. The number of nitrogens with one attached hydrogen (secondary N) is 1. The van der Waals surface area contributed by atoms with Crippen molar-refractivity contribution in [1.29, 1.82) is 0 Å². The minimum atomic E-state index is 0.132. The van der Waals surface area contributed by atoms with Gasteiger partial charge in [0.05, 0.1) is 0 Å². The molecule has 0 unspecified atom stereocenters. The summed E-state index contributed by atoms with van der Waals surface area (Å²) in [6.07, 6.45) is 1.95. The topological polar surface area (TPSA) is 52.7 Å². The van der Waals surface area contributed by atoms with Crippen LogP contribution >= 0.6 is 0 Å². The first-order valence-corrected chi connectivity index (χ1v) is 11.6. The Hall–Kier alpha value is -2.66. The fourth-order valence-electron chi connectivity index (χ4n) is 4.98. The summed E-state index contributed by atoms with van der Waals surface area (Å²) in [6, 6.07) is 20.7. The third-order valence-electron chi connectivity index (χ3n) is 7.10. The van der Waals surface area contributed by atoms with E-state index in [0.29, 0.717) is 24.3 Å². The molecule has 5 rings (SSSR count). The Bertz CT molecular complexity index is 906. The highest BCUT2D eigenvalue weighted by atomic mass is 16.2. The zero-order chi connectivity index (χ0) is 21.2. The van der Waals surface area contributed by atoms with Gasteiger partial charge in [-0.25, -0.2) is 0 Å². The molecule has 3 fully saturated rings. The van der Waals surface area contributed by atoms with Crippen molar-refractivity contribution in [2.45, 2.75) is 24.7 Å². The first kappa shape index (κ1) is 20.3. The molecule has 31 heavy (non-hydrogen) atoms. The second-order valence-corrected chi connectivity index (χ2v) is 9.18. The summed E-state index contributed by atoms with van der Waals surface area (Å²) in [5.41, 5.74) is 2.56. The molecule has 0 aromatic heterocycles. The Kier molecular flexibility index (Phi) is 5.77. The van der Waals surface area contributed by atoms with Crippen molar-refractivity contribution >= 4 is 11.8 Å². The fraction of sp³-hybridized carbons (Fsp3) is 0.462. The second-order valence-electron chi connectivity index (χ2n) is 9.18. The minimum Gasteiger partial charge on any atom is -0.355 e. The molecule has 1 saturated heterocycles. The number of carbonyl (C=O) groups excluding carboxylic acids is 2. The molecular formula is C26H31N3O2. The molecule has 2 saturated carbocycles. The number of amides is 2. The molecule has 2 amide bonds. The highest BCUT2D eigenvalue weighted by Gasteiger charge is 2.46. The number of rotatable bonds is 7. The smallest absolute Gasteiger partial charge is 0.226 e. The first-order valence-electron chi connectivity index (χ1n) is 11.6. The highest BCUT2D eigenvalue weighted by molar-refractivity contribution is 5.83. The van der Waals surface area contributed by atoms with E-state index in [2.05, 4.69) is 46.6 Å². The molecule has 0 spiro atoms. The third kappa shape index (κ3) is 4.67. The molecule has 5 nitrogen and oxygen atoms in total. The van der Waals surface area contributed by atoms with Crippen LogP contribution in [0.5, 0.6) is 0 Å². The van der Waals surface area contributed by atoms with E-state index in [4.69, 9.17) is 0 Å². The molecule has 1 aliphatic heterocycles. The van der Waals surface area contributed by atoms with E-state index in [1.54, 1.807) is 0 Å². The van der Waals surface area contributed by atoms with Gasteiger partial charge >= 0.3 is 0 Å². The van der Waals surface area contributed by atoms with Gasteiger partial charge in [0.2, 0.25) is 11.8 Å². The van der Waals surface area contributed by atoms with Crippen molar-refractivity contribution in [2.24, 2.45) is 11.8 Å². The summed E-state index contributed by atoms with van der Waals surface area (Å²) in [7, 11) is 0. The van der Waals surface area contributed by atoms with Gasteiger partial charge in [-0.15, -0.1) is 0 Å². The lowest BCUT2D eigenvalue weighted by Crippen LogP contribution is -2.50. The van der Waals surface area contributed by atoms with Crippen LogP contribution in [0.2, 0.25) is 0 Å². The van der Waals surface area contributed by atoms with Gasteiger partial charge in [0.15, 0.2) is 0 Å². The minimum absolute atomic E-state index is 0.132. The summed E-state index contributed by atoms with van der Waals surface area (Å²) in [6.45, 7) is 4.91. The Morgan fingerprint density at radius 1 is 0.774 bits per heavy atom. The number of benzene rings is 2. The Morgan fingerprint density at radius 3 is 1.94 bits per heavy atom. The number of piperazine rings is 1. The maximum atomic E-state index is 12.8. The van der Waals surface area contributed by atoms with E-state index < -0.39 is 0 Å². The van der Waals surface area contributed by atoms with Crippen molar-refractivity contribution in [3.63, 3.8) is 0 Å². The zero-order valence-electron chi connectivity index (χ0n) is 18.0. The summed E-state index contributed by atoms with van der Waals surface area (Å²) < 4.78 is 0. The highest BCUT2D eigenvalue weighted by Crippen LogP contribution is 2.48. The standard InChI is InChI=1S/C26H31N3O2/c30-25(23-17-21(23)19-7-3-1-4-8-19)27-11-12-28-13-15-29(16-14-28)26(31)24-18-22(24)20-9-5-2-6-10-20/h1-10,21-24H,11-18H2,(H,27,30)/t21-,22-,23+,24-/m1/s1. The van der Waals surface area contributed by atoms with Crippen molar-refractivity contribution < 1.29 is 9.59 Å². The fourth-order valence-corrected chi connectivity index (χ4v) is 4.98. The average Bonchev–Trinajstić information content (AvgIpc) is 3.74. The van der Waals surface area contributed by atoms with Crippen LogP contribution in [0.25, 0.3) is 0 Å². The van der Waals surface area contributed by atoms with E-state index in [0.717, 1.165) is 45.6 Å². The average molecular weight is 418 g/mol. The van der Waals surface area contributed by atoms with Crippen molar-refractivity contribution in [3.8, 4) is 0 Å². The van der Waals surface area contributed by atoms with Gasteiger partial charge in [0.25, 0.3) is 0 Å². The van der Waals surface area contributed by atoms with E-state index in [9.17, 15) is 9.59 Å². The lowest BCUT2D eigenvalue weighted by molar-refractivity contribution is -0.134. The predicted octanol–water partition coefficient (Wildman–Crippen LogP) is 2.85. The lowest BCUT2D eigenvalue weighted by atomic mass is 10.1. The maximum Gasteiger partial charge on any atom is 0.226 e. The molecule has 0 bridgehead atoms. The Balaban J connectivity index is 0.998. The third-order valence-corrected chi connectivity index (χ3v) is 7.10. The van der Waals surface area contributed by atoms with Crippen LogP contribution in [0.4, 0.5) is 0 Å². The molecule has 4 atom stereocenters. The SMILES string of the molecule is O=C(NCCN1CCN(C(=O)[C@@H]2C[C@@H]2c2ccccc2)CC1)[C@H]1C[C@@H]1c1ccccc1. The van der Waals surface area contributed by atoms with Crippen molar-refractivity contribution in [3.05, 3.63) is 71.8 Å². The quantitative estimate of drug-likeness (QED) is 0.754. The van der Waals surface area contributed by atoms with Crippen molar-refractivity contribution in [1.82, 2.24) is 15.1 Å². The largest absolute Gasteiger partial charge is 0.355 e. The molecule has 2 aliphatic carbocycles. The molecule has 2 aromatic rings. The zero-order valence-corrected chi connectivity index (χ0v) is 18.0. The van der Waals surface area contributed by atoms with Crippen LogP contribution in [0.1, 0.15) is 35.8 Å². The number of nitrogens with zero attached hydrogens (tertiary/aromatic N) is 2. The normalized spacial score (nSPS) is 27.5. The number of hydrogen-bond donors (Lipinski definition) is 1. The van der Waals surface area contributed by atoms with Gasteiger partial charge in [-0.05, 0) is 35.8 Å². The van der Waals surface area contributed by atoms with Gasteiger partial charge in [-0.2, -0.15) is 0 Å². The predicted molar refractivity (Wildman–Crippen MR) is 121 cm³/mol. The van der Waals surface area contributed by atoms with Crippen LogP contribution in [-0.2, 0) is 9.59 Å². The molecule has 5 heteroatoms. The first-order chi connectivity index (χ1) is 15.2. The molecular weight excluding hydrogens is 386 g/mol. The molecule has 3 aliphatic rings. The van der Waals surface area contributed by atoms with E-state index in [1.165, 1.54) is 11.1 Å². The summed E-state index contributed by atoms with van der Waals surface area (Å²) >= 11 is 0. The number of hydrogen-bond acceptors (Lipinski definition) is 3. The van der Waals surface area contributed by atoms with Gasteiger partial charge in [0, 0.05) is 51.1 Å². The summed E-state index contributed by atoms with van der Waals surface area (Å²) in [4.78, 5) is 29.6. The van der Waals surface area contributed by atoms with E-state index >= 15 is 0 Å². The van der Waals surface area contributed by atoms with Crippen LogP contribution in [0.15, 0.2) is 60.7 Å². The van der Waals surface area contributed by atoms with Crippen LogP contribution < -0.4 is 5.32 Å². The Morgan fingerprint density at radius 2 is 1.32 bits per heavy atom. The van der Waals surface area contributed by atoms with Gasteiger partial charge < -0.3 is 10.2 Å². The Labute approximate surface area is 184 Å². The van der Waals surface area contributed by atoms with Gasteiger partial charge in [-0.1, -0.05) is 60.7 Å². The summed E-state index contributed by atoms with van der Waals surface area (Å²) in [5.74, 6) is 1.60. The second kappa shape index (κ2) is 8.83. The van der Waals surface area contributed by atoms with Gasteiger partial charge in [-0.3, -0.25) is 14.5 Å². The summed E-state index contributed by atoms with van der Waals surface area (Å²) in [5, 5.41) is 3.12. The lowest BCUT2D eigenvalue weighted by Gasteiger charge is -2.35. The molecule has 1 N–H and O–H groups in total. The van der Waals surface area contributed by atoms with Crippen LogP contribution in [0.3, 0.4) is 0 Å². The molecule has 0 radical (unpaired) electrons. The molecule has 162 valence electrons. The molecule has 2 aromatic carbocycles. The van der Waals surface area contributed by atoms with Gasteiger partial charge in [0.1, 0.15) is 0 Å². The molecule has 1 heterocycles. The number of carbonyl (C=O) groups is 2. The maximum absolute atomic E-state index is 12.8. The van der Waals surface area contributed by atoms with Crippen molar-refractivity contribution in [2.75, 3.05) is 39.3 Å². The van der Waals surface area contributed by atoms with E-state index in [-0.39, 0.29) is 17.7 Å². The van der Waals surface area contributed by atoms with E-state index in [1.807, 2.05) is 29.2 Å². The van der Waals surface area contributed by atoms with Crippen LogP contribution in [-0.4, -0.2) is 60.9 Å².